The summed E-state index contributed by atoms with van der Waals surface area (Å²) in [5, 5.41) is 12.1. The zero-order valence-corrected chi connectivity index (χ0v) is 19.9. The van der Waals surface area contributed by atoms with Gasteiger partial charge in [0.2, 0.25) is 5.95 Å². The van der Waals surface area contributed by atoms with Gasteiger partial charge in [-0.15, -0.1) is 16.4 Å². The molecule has 3 aromatic heterocycles. The molecule has 0 saturated heterocycles. The van der Waals surface area contributed by atoms with Gasteiger partial charge in [-0.3, -0.25) is 4.68 Å². The highest BCUT2D eigenvalue weighted by Gasteiger charge is 2.19. The number of nitrogens with two attached hydrogens (primary N) is 1. The van der Waals surface area contributed by atoms with E-state index in [-0.39, 0.29) is 12.2 Å². The zero-order valence-electron chi connectivity index (χ0n) is 18.3. The molecule has 3 N–H and O–H groups in total. The van der Waals surface area contributed by atoms with Crippen LogP contribution >= 0.6 is 22.9 Å². The Balaban J connectivity index is 1.51. The number of hydrogen-bond donors (Lipinski definition) is 2. The van der Waals surface area contributed by atoms with E-state index in [4.69, 9.17) is 17.3 Å². The first-order chi connectivity index (χ1) is 17.0. The van der Waals surface area contributed by atoms with E-state index in [9.17, 15) is 8.78 Å². The second-order valence-electron chi connectivity index (χ2n) is 7.75. The number of halogens is 3. The van der Waals surface area contributed by atoms with E-state index in [0.717, 1.165) is 21.8 Å². The fourth-order valence-corrected chi connectivity index (χ4v) is 5.16. The van der Waals surface area contributed by atoms with E-state index < -0.39 is 12.0 Å². The third kappa shape index (κ3) is 4.86. The van der Waals surface area contributed by atoms with Crippen molar-refractivity contribution in [2.75, 3.05) is 18.4 Å². The Bertz CT molecular complexity index is 1470. The zero-order chi connectivity index (χ0) is 24.4. The molecule has 0 aliphatic carbocycles. The highest BCUT2D eigenvalue weighted by atomic mass is 35.5. The number of rotatable bonds is 8. The van der Waals surface area contributed by atoms with Crippen LogP contribution < -0.4 is 11.1 Å². The predicted molar refractivity (Wildman–Crippen MR) is 135 cm³/mol. The molecule has 0 spiro atoms. The minimum Gasteiger partial charge on any atom is -0.352 e. The fraction of sp³-hybridized carbons (Fsp3) is 0.167. The first-order valence-electron chi connectivity index (χ1n) is 10.8. The van der Waals surface area contributed by atoms with E-state index >= 15 is 0 Å². The van der Waals surface area contributed by atoms with Crippen molar-refractivity contribution >= 4 is 39.0 Å². The van der Waals surface area contributed by atoms with Crippen molar-refractivity contribution in [3.05, 3.63) is 77.5 Å². The number of nitrogens with zero attached hydrogens (tertiary/aromatic N) is 5. The van der Waals surface area contributed by atoms with Gasteiger partial charge in [-0.25, -0.2) is 18.7 Å². The Kier molecular flexibility index (Phi) is 6.67. The van der Waals surface area contributed by atoms with Crippen LogP contribution in [0.4, 0.5) is 14.7 Å². The van der Waals surface area contributed by atoms with E-state index in [2.05, 4.69) is 25.6 Å². The Hall–Kier alpha value is -3.47. The molecule has 5 rings (SSSR count). The van der Waals surface area contributed by atoms with Gasteiger partial charge < -0.3 is 11.1 Å². The number of alkyl halides is 1. The lowest BCUT2D eigenvalue weighted by atomic mass is 9.96. The molecule has 0 aliphatic heterocycles. The van der Waals surface area contributed by atoms with Gasteiger partial charge in [0.15, 0.2) is 5.82 Å². The first-order valence-corrected chi connectivity index (χ1v) is 12.0. The van der Waals surface area contributed by atoms with Crippen LogP contribution in [0.2, 0.25) is 5.02 Å². The summed E-state index contributed by atoms with van der Waals surface area (Å²) in [5.74, 6) is -0.227. The predicted octanol–water partition coefficient (Wildman–Crippen LogP) is 5.49. The van der Waals surface area contributed by atoms with Gasteiger partial charge in [-0.05, 0) is 40.3 Å². The average Bonchev–Trinajstić information content (AvgIpc) is 3.54. The molecule has 5 aromatic rings. The molecule has 0 radical (unpaired) electrons. The largest absolute Gasteiger partial charge is 0.352 e. The Morgan fingerprint density at radius 1 is 1.17 bits per heavy atom. The van der Waals surface area contributed by atoms with Crippen LogP contribution in [0.5, 0.6) is 0 Å². The number of hydrogen-bond acceptors (Lipinski definition) is 7. The van der Waals surface area contributed by atoms with E-state index in [1.807, 2.05) is 24.3 Å². The van der Waals surface area contributed by atoms with E-state index in [1.165, 1.54) is 11.3 Å². The van der Waals surface area contributed by atoms with Gasteiger partial charge in [-0.2, -0.15) is 0 Å². The minimum absolute atomic E-state index is 0.140. The van der Waals surface area contributed by atoms with Crippen LogP contribution in [0.15, 0.2) is 61.1 Å². The minimum atomic E-state index is -1.33. The average molecular weight is 512 g/mol. The van der Waals surface area contributed by atoms with Crippen molar-refractivity contribution in [2.24, 2.45) is 5.73 Å². The SMILES string of the molecule is NC[C@H](F)c1ccc(Cl)cc1-c1cccc2cc(-c3nc(NCCn4ccnn4)ncc3F)sc12. The topological polar surface area (TPSA) is 94.5 Å². The molecule has 2 aromatic carbocycles. The van der Waals surface area contributed by atoms with Crippen LogP contribution in [0.1, 0.15) is 11.7 Å². The van der Waals surface area contributed by atoms with Gasteiger partial charge in [0.1, 0.15) is 11.9 Å². The molecule has 0 unspecified atom stereocenters. The van der Waals surface area contributed by atoms with Crippen LogP contribution in [0.3, 0.4) is 0 Å². The summed E-state index contributed by atoms with van der Waals surface area (Å²) in [7, 11) is 0. The number of aromatic nitrogens is 5. The van der Waals surface area contributed by atoms with Crippen LogP contribution in [-0.2, 0) is 6.54 Å². The smallest absolute Gasteiger partial charge is 0.223 e. The molecular weight excluding hydrogens is 492 g/mol. The fourth-order valence-electron chi connectivity index (χ4n) is 3.81. The normalized spacial score (nSPS) is 12.2. The Morgan fingerprint density at radius 2 is 2.06 bits per heavy atom. The molecule has 7 nitrogen and oxygen atoms in total. The summed E-state index contributed by atoms with van der Waals surface area (Å²) < 4.78 is 32.0. The van der Waals surface area contributed by atoms with E-state index in [0.29, 0.717) is 40.1 Å². The monoisotopic (exact) mass is 511 g/mol. The maximum Gasteiger partial charge on any atom is 0.223 e. The van der Waals surface area contributed by atoms with Crippen molar-refractivity contribution in [3.8, 4) is 21.7 Å². The lowest BCUT2D eigenvalue weighted by Gasteiger charge is -2.14. The molecule has 0 bridgehead atoms. The second-order valence-corrected chi connectivity index (χ2v) is 9.24. The van der Waals surface area contributed by atoms with Crippen LogP contribution in [0, 0.1) is 5.82 Å². The molecule has 178 valence electrons. The van der Waals surface area contributed by atoms with Crippen molar-refractivity contribution in [1.82, 2.24) is 25.0 Å². The lowest BCUT2D eigenvalue weighted by molar-refractivity contribution is 0.354. The summed E-state index contributed by atoms with van der Waals surface area (Å²) in [6, 6.07) is 12.6. The quantitative estimate of drug-likeness (QED) is 0.286. The maximum atomic E-state index is 14.8. The van der Waals surface area contributed by atoms with Crippen molar-refractivity contribution in [2.45, 2.75) is 12.7 Å². The lowest BCUT2D eigenvalue weighted by Crippen LogP contribution is -2.13. The molecule has 0 saturated carbocycles. The second kappa shape index (κ2) is 10.0. The molecule has 0 amide bonds. The highest BCUT2D eigenvalue weighted by Crippen LogP contribution is 2.42. The molecule has 1 atom stereocenters. The number of thiophene rings is 1. The van der Waals surface area contributed by atoms with Crippen molar-refractivity contribution in [3.63, 3.8) is 0 Å². The molecule has 0 fully saturated rings. The number of nitrogens with one attached hydrogen (secondary N) is 1. The summed E-state index contributed by atoms with van der Waals surface area (Å²) in [6.45, 7) is 0.913. The van der Waals surface area contributed by atoms with Crippen molar-refractivity contribution < 1.29 is 8.78 Å². The van der Waals surface area contributed by atoms with Gasteiger partial charge in [0.25, 0.3) is 0 Å². The van der Waals surface area contributed by atoms with Gasteiger partial charge in [-0.1, -0.05) is 41.1 Å². The summed E-state index contributed by atoms with van der Waals surface area (Å²) in [6.07, 6.45) is 3.16. The summed E-state index contributed by atoms with van der Waals surface area (Å²) in [4.78, 5) is 9.08. The molecule has 11 heteroatoms. The van der Waals surface area contributed by atoms with Gasteiger partial charge >= 0.3 is 0 Å². The van der Waals surface area contributed by atoms with Crippen LogP contribution in [0.25, 0.3) is 31.8 Å². The Labute approximate surface area is 208 Å². The first kappa shape index (κ1) is 23.3. The summed E-state index contributed by atoms with van der Waals surface area (Å²) in [5.41, 5.74) is 7.71. The Morgan fingerprint density at radius 3 is 2.86 bits per heavy atom. The van der Waals surface area contributed by atoms with Crippen molar-refractivity contribution in [1.29, 1.82) is 0 Å². The molecule has 0 aliphatic rings. The van der Waals surface area contributed by atoms with Gasteiger partial charge in [0.05, 0.1) is 23.8 Å². The third-order valence-corrected chi connectivity index (χ3v) is 6.89. The highest BCUT2D eigenvalue weighted by molar-refractivity contribution is 7.22. The van der Waals surface area contributed by atoms with Crippen LogP contribution in [-0.4, -0.2) is 38.1 Å². The molecule has 3 heterocycles. The maximum absolute atomic E-state index is 14.8. The third-order valence-electron chi connectivity index (χ3n) is 5.47. The molecular formula is C24H20ClF2N7S. The molecule has 35 heavy (non-hydrogen) atoms. The number of anilines is 1. The summed E-state index contributed by atoms with van der Waals surface area (Å²) >= 11 is 7.62. The number of benzene rings is 2. The number of fused-ring (bicyclic) bond motifs is 1. The van der Waals surface area contributed by atoms with E-state index in [1.54, 1.807) is 35.3 Å². The standard InChI is InChI=1S/C24H20ClF2N7S/c25-15-4-5-16(19(26)12-28)18(11-15)17-3-1-2-14-10-21(35-23(14)17)22-20(27)13-30-24(32-22)29-6-8-34-9-7-31-33-34/h1-5,7,9-11,13,19H,6,8,12,28H2,(H,29,30,32)/t19-/m0/s1. The van der Waals surface area contributed by atoms with Gasteiger partial charge in [0, 0.05) is 29.0 Å².